The highest BCUT2D eigenvalue weighted by Gasteiger charge is 2.22. The molecule has 4 amide bonds. The number of hydrogen-bond donors (Lipinski definition) is 4. The Morgan fingerprint density at radius 3 is 2.12 bits per heavy atom. The van der Waals surface area contributed by atoms with Crippen molar-refractivity contribution < 1.29 is 29.0 Å². The van der Waals surface area contributed by atoms with E-state index in [1.54, 1.807) is 50.5 Å². The summed E-state index contributed by atoms with van der Waals surface area (Å²) in [6, 6.07) is 17.0. The zero-order valence-corrected chi connectivity index (χ0v) is 24.2. The molecular formula is C31H33N5O6. The van der Waals surface area contributed by atoms with Gasteiger partial charge in [0.1, 0.15) is 17.2 Å². The van der Waals surface area contributed by atoms with Gasteiger partial charge >= 0.3 is 12.1 Å². The number of amides is 4. The number of methoxy groups -OCH3 is 1. The lowest BCUT2D eigenvalue weighted by Crippen LogP contribution is -2.22. The fourth-order valence-electron chi connectivity index (χ4n) is 4.28. The van der Waals surface area contributed by atoms with E-state index in [9.17, 15) is 19.5 Å². The summed E-state index contributed by atoms with van der Waals surface area (Å²) in [5, 5.41) is 18.8. The minimum atomic E-state index is -1.25. The summed E-state index contributed by atoms with van der Waals surface area (Å²) < 4.78 is 11.6. The SMILES string of the molecule is COc1c(NC(=O)O)cc(C(C)(C)C)cc1NC(=O)Nc1ccc(Oc2ccnc(C(=O)N(C)C)c2)c2ccccc12. The van der Waals surface area contributed by atoms with E-state index >= 15 is 0 Å². The van der Waals surface area contributed by atoms with Gasteiger partial charge in [-0.2, -0.15) is 0 Å². The topological polar surface area (TPSA) is 142 Å². The van der Waals surface area contributed by atoms with Crippen molar-refractivity contribution in [1.29, 1.82) is 0 Å². The number of hydrogen-bond acceptors (Lipinski definition) is 6. The number of urea groups is 1. The molecule has 0 unspecified atom stereocenters. The van der Waals surface area contributed by atoms with E-state index in [1.165, 1.54) is 18.2 Å². The highest BCUT2D eigenvalue weighted by atomic mass is 16.5. The molecule has 0 spiro atoms. The average molecular weight is 572 g/mol. The molecule has 42 heavy (non-hydrogen) atoms. The highest BCUT2D eigenvalue weighted by Crippen LogP contribution is 2.39. The zero-order chi connectivity index (χ0) is 30.6. The van der Waals surface area contributed by atoms with E-state index in [2.05, 4.69) is 20.9 Å². The lowest BCUT2D eigenvalue weighted by atomic mass is 9.86. The maximum Gasteiger partial charge on any atom is 0.409 e. The van der Waals surface area contributed by atoms with Crippen LogP contribution in [-0.2, 0) is 5.41 Å². The second-order valence-corrected chi connectivity index (χ2v) is 10.7. The Labute approximate surface area is 243 Å². The number of carbonyl (C=O) groups is 3. The van der Waals surface area contributed by atoms with E-state index < -0.39 is 12.1 Å². The Kier molecular flexibility index (Phi) is 8.51. The van der Waals surface area contributed by atoms with Gasteiger partial charge in [-0.15, -0.1) is 0 Å². The molecule has 0 saturated heterocycles. The first kappa shape index (κ1) is 29.7. The Morgan fingerprint density at radius 2 is 1.50 bits per heavy atom. The number of fused-ring (bicyclic) bond motifs is 1. The second-order valence-electron chi connectivity index (χ2n) is 10.7. The normalized spacial score (nSPS) is 11.0. The van der Waals surface area contributed by atoms with E-state index in [0.29, 0.717) is 28.3 Å². The van der Waals surface area contributed by atoms with Gasteiger partial charge in [0.25, 0.3) is 5.91 Å². The largest absolute Gasteiger partial charge is 0.492 e. The van der Waals surface area contributed by atoms with Crippen LogP contribution in [-0.4, -0.2) is 54.2 Å². The van der Waals surface area contributed by atoms with Crippen LogP contribution in [0.1, 0.15) is 36.8 Å². The maximum atomic E-state index is 13.2. The molecule has 0 fully saturated rings. The minimum Gasteiger partial charge on any atom is -0.492 e. The van der Waals surface area contributed by atoms with Crippen molar-refractivity contribution in [2.24, 2.45) is 0 Å². The molecule has 0 atom stereocenters. The first-order chi connectivity index (χ1) is 19.9. The predicted octanol–water partition coefficient (Wildman–Crippen LogP) is 6.77. The fraction of sp³-hybridized carbons (Fsp3) is 0.226. The van der Waals surface area contributed by atoms with Crippen LogP contribution in [0.2, 0.25) is 0 Å². The van der Waals surface area contributed by atoms with Crippen LogP contribution in [0.5, 0.6) is 17.2 Å². The molecule has 218 valence electrons. The molecule has 4 aromatic rings. The summed E-state index contributed by atoms with van der Waals surface area (Å²) in [5.74, 6) is 0.898. The first-order valence-corrected chi connectivity index (χ1v) is 13.0. The molecule has 4 rings (SSSR count). The van der Waals surface area contributed by atoms with E-state index in [4.69, 9.17) is 9.47 Å². The molecule has 0 saturated carbocycles. The van der Waals surface area contributed by atoms with Crippen molar-refractivity contribution in [1.82, 2.24) is 9.88 Å². The number of benzene rings is 3. The third kappa shape index (κ3) is 6.69. The maximum absolute atomic E-state index is 13.2. The standard InChI is InChI=1S/C31H33N5O6/c1-31(2,3)18-15-23(27(41-6)24(16-18)35-30(39)40)34-29(38)33-22-11-12-26(21-10-8-7-9-20(21)22)42-19-13-14-32-25(17-19)28(37)36(4)5/h7-17,35H,1-6H3,(H,39,40)(H2,33,34,38). The van der Waals surface area contributed by atoms with Crippen LogP contribution < -0.4 is 25.4 Å². The minimum absolute atomic E-state index is 0.179. The van der Waals surface area contributed by atoms with Gasteiger partial charge in [0.15, 0.2) is 5.75 Å². The Bertz CT molecular complexity index is 1660. The van der Waals surface area contributed by atoms with Gasteiger partial charge in [-0.25, -0.2) is 9.59 Å². The molecule has 0 bridgehead atoms. The number of rotatable bonds is 7. The van der Waals surface area contributed by atoms with Crippen LogP contribution >= 0.6 is 0 Å². The molecule has 0 aliphatic rings. The van der Waals surface area contributed by atoms with Crippen molar-refractivity contribution in [2.75, 3.05) is 37.2 Å². The van der Waals surface area contributed by atoms with Crippen LogP contribution in [0.15, 0.2) is 66.9 Å². The molecule has 0 aliphatic carbocycles. The Hall–Kier alpha value is -5.32. The molecule has 0 aliphatic heterocycles. The first-order valence-electron chi connectivity index (χ1n) is 13.0. The molecule has 1 aromatic heterocycles. The Morgan fingerprint density at radius 1 is 0.857 bits per heavy atom. The van der Waals surface area contributed by atoms with Gasteiger partial charge in [-0.05, 0) is 41.3 Å². The number of anilines is 3. The Balaban J connectivity index is 1.63. The van der Waals surface area contributed by atoms with E-state index in [1.807, 2.05) is 45.0 Å². The van der Waals surface area contributed by atoms with Gasteiger partial charge in [0, 0.05) is 37.1 Å². The predicted molar refractivity (Wildman–Crippen MR) is 162 cm³/mol. The zero-order valence-electron chi connectivity index (χ0n) is 24.2. The lowest BCUT2D eigenvalue weighted by Gasteiger charge is -2.23. The fourth-order valence-corrected chi connectivity index (χ4v) is 4.28. The number of carbonyl (C=O) groups excluding carboxylic acids is 2. The number of ether oxygens (including phenoxy) is 2. The molecule has 3 aromatic carbocycles. The van der Waals surface area contributed by atoms with Crippen LogP contribution in [0, 0.1) is 0 Å². The molecular weight excluding hydrogens is 538 g/mol. The summed E-state index contributed by atoms with van der Waals surface area (Å²) >= 11 is 0. The third-order valence-electron chi connectivity index (χ3n) is 6.37. The van der Waals surface area contributed by atoms with E-state index in [-0.39, 0.29) is 28.5 Å². The summed E-state index contributed by atoms with van der Waals surface area (Å²) in [5.41, 5.74) is 1.74. The summed E-state index contributed by atoms with van der Waals surface area (Å²) in [7, 11) is 4.70. The van der Waals surface area contributed by atoms with Crippen molar-refractivity contribution in [3.63, 3.8) is 0 Å². The quantitative estimate of drug-likeness (QED) is 0.192. The number of nitrogens with zero attached hydrogens (tertiary/aromatic N) is 2. The summed E-state index contributed by atoms with van der Waals surface area (Å²) in [4.78, 5) is 42.6. The van der Waals surface area contributed by atoms with Gasteiger partial charge in [-0.1, -0.05) is 45.0 Å². The lowest BCUT2D eigenvalue weighted by molar-refractivity contribution is 0.0821. The third-order valence-corrected chi connectivity index (χ3v) is 6.37. The van der Waals surface area contributed by atoms with Gasteiger partial charge in [0.05, 0.1) is 24.2 Å². The second kappa shape index (κ2) is 12.0. The van der Waals surface area contributed by atoms with Crippen molar-refractivity contribution in [3.8, 4) is 17.2 Å². The smallest absolute Gasteiger partial charge is 0.409 e. The molecule has 0 radical (unpaired) electrons. The van der Waals surface area contributed by atoms with Gasteiger partial charge < -0.3 is 30.1 Å². The average Bonchev–Trinajstić information content (AvgIpc) is 2.93. The number of aromatic nitrogens is 1. The molecule has 11 nitrogen and oxygen atoms in total. The van der Waals surface area contributed by atoms with Crippen LogP contribution in [0.3, 0.4) is 0 Å². The van der Waals surface area contributed by atoms with E-state index in [0.717, 1.165) is 10.9 Å². The number of nitrogens with one attached hydrogen (secondary N) is 3. The summed E-state index contributed by atoms with van der Waals surface area (Å²) in [6.07, 6.45) is 0.255. The van der Waals surface area contributed by atoms with Crippen molar-refractivity contribution >= 4 is 45.9 Å². The number of pyridine rings is 1. The van der Waals surface area contributed by atoms with Gasteiger partial charge in [-0.3, -0.25) is 15.1 Å². The van der Waals surface area contributed by atoms with Gasteiger partial charge in [0.2, 0.25) is 0 Å². The van der Waals surface area contributed by atoms with Crippen molar-refractivity contribution in [3.05, 3.63) is 78.1 Å². The van der Waals surface area contributed by atoms with Crippen LogP contribution in [0.25, 0.3) is 10.8 Å². The summed E-state index contributed by atoms with van der Waals surface area (Å²) in [6.45, 7) is 5.93. The van der Waals surface area contributed by atoms with Crippen LogP contribution in [0.4, 0.5) is 26.7 Å². The molecule has 1 heterocycles. The number of carboxylic acid groups (broad SMARTS) is 1. The van der Waals surface area contributed by atoms with Crippen molar-refractivity contribution in [2.45, 2.75) is 26.2 Å². The highest BCUT2D eigenvalue weighted by molar-refractivity contribution is 6.08. The monoisotopic (exact) mass is 571 g/mol. The molecule has 4 N–H and O–H groups in total. The molecule has 11 heteroatoms.